The van der Waals surface area contributed by atoms with Gasteiger partial charge in [0.1, 0.15) is 6.04 Å². The molecule has 1 aliphatic carbocycles. The molecule has 0 aromatic rings. The Morgan fingerprint density at radius 3 is 2.32 bits per heavy atom. The van der Waals surface area contributed by atoms with Crippen LogP contribution in [0, 0.1) is 5.41 Å². The third-order valence-corrected chi connectivity index (χ3v) is 3.54. The second-order valence-electron chi connectivity index (χ2n) is 6.29. The second kappa shape index (κ2) is 6.37. The second-order valence-corrected chi connectivity index (χ2v) is 6.29. The van der Waals surface area contributed by atoms with Crippen molar-refractivity contribution >= 4 is 11.8 Å². The Hall–Kier alpha value is -1.10. The van der Waals surface area contributed by atoms with Gasteiger partial charge in [-0.2, -0.15) is 0 Å². The summed E-state index contributed by atoms with van der Waals surface area (Å²) in [5.41, 5.74) is -0.507. The van der Waals surface area contributed by atoms with E-state index in [1.807, 2.05) is 20.8 Å². The van der Waals surface area contributed by atoms with Crippen molar-refractivity contribution in [1.82, 2.24) is 10.2 Å². The molecule has 0 spiro atoms. The van der Waals surface area contributed by atoms with Gasteiger partial charge in [-0.05, 0) is 26.2 Å². The van der Waals surface area contributed by atoms with Gasteiger partial charge in [0, 0.05) is 18.0 Å². The number of nitrogens with zero attached hydrogens (tertiary/aromatic N) is 1. The zero-order valence-electron chi connectivity index (χ0n) is 12.4. The van der Waals surface area contributed by atoms with Gasteiger partial charge in [-0.3, -0.25) is 9.59 Å². The van der Waals surface area contributed by atoms with E-state index in [9.17, 15) is 9.59 Å². The van der Waals surface area contributed by atoms with E-state index >= 15 is 0 Å². The zero-order valence-corrected chi connectivity index (χ0v) is 12.4. The molecule has 1 aliphatic rings. The van der Waals surface area contributed by atoms with E-state index < -0.39 is 11.5 Å². The van der Waals surface area contributed by atoms with Gasteiger partial charge >= 0.3 is 0 Å². The lowest BCUT2D eigenvalue weighted by Crippen LogP contribution is -2.54. The lowest BCUT2D eigenvalue weighted by molar-refractivity contribution is -0.141. The molecule has 0 aromatic carbocycles. The Balaban J connectivity index is 2.60. The number of carbonyl (C=O) groups is 2. The molecule has 0 aromatic heterocycles. The molecule has 1 unspecified atom stereocenters. The summed E-state index contributed by atoms with van der Waals surface area (Å²) in [6, 6.07) is -0.312. The smallest absolute Gasteiger partial charge is 0.245 e. The first-order chi connectivity index (χ1) is 8.77. The molecular weight excluding hydrogens is 244 g/mol. The maximum Gasteiger partial charge on any atom is 0.245 e. The van der Waals surface area contributed by atoms with Crippen LogP contribution in [0.1, 0.15) is 47.0 Å². The quantitative estimate of drug-likeness (QED) is 0.780. The summed E-state index contributed by atoms with van der Waals surface area (Å²) in [5.74, 6) is -0.234. The van der Waals surface area contributed by atoms with Gasteiger partial charge in [0.25, 0.3) is 0 Å². The van der Waals surface area contributed by atoms with Crippen molar-refractivity contribution in [2.45, 2.75) is 59.0 Å². The van der Waals surface area contributed by atoms with Crippen LogP contribution in [-0.4, -0.2) is 47.1 Å². The summed E-state index contributed by atoms with van der Waals surface area (Å²) in [7, 11) is 0. The lowest BCUT2D eigenvalue weighted by atomic mass is 9.91. The number of nitrogens with one attached hydrogen (secondary N) is 1. The molecule has 0 radical (unpaired) electrons. The number of rotatable bonds is 5. The van der Waals surface area contributed by atoms with Crippen LogP contribution in [0.3, 0.4) is 0 Å². The topological polar surface area (TPSA) is 69.6 Å². The van der Waals surface area contributed by atoms with Gasteiger partial charge < -0.3 is 15.3 Å². The van der Waals surface area contributed by atoms with Gasteiger partial charge in [0.05, 0.1) is 6.61 Å². The van der Waals surface area contributed by atoms with E-state index in [2.05, 4.69) is 5.32 Å². The SMILES string of the molecule is CC(NC(=O)C(C)(C)C)C(=O)N(CCO)C1CCC1. The van der Waals surface area contributed by atoms with Crippen molar-refractivity contribution in [3.63, 3.8) is 0 Å². The van der Waals surface area contributed by atoms with Gasteiger partial charge in [-0.25, -0.2) is 0 Å². The molecule has 0 heterocycles. The summed E-state index contributed by atoms with van der Waals surface area (Å²) in [5, 5.41) is 11.8. The van der Waals surface area contributed by atoms with E-state index in [-0.39, 0.29) is 24.5 Å². The minimum Gasteiger partial charge on any atom is -0.395 e. The van der Waals surface area contributed by atoms with E-state index in [1.54, 1.807) is 11.8 Å². The van der Waals surface area contributed by atoms with E-state index in [0.29, 0.717) is 6.54 Å². The molecular formula is C14H26N2O3. The summed E-state index contributed by atoms with van der Waals surface area (Å²) in [4.78, 5) is 25.9. The molecule has 1 saturated carbocycles. The molecule has 110 valence electrons. The molecule has 1 fully saturated rings. The minimum absolute atomic E-state index is 0.0395. The fourth-order valence-electron chi connectivity index (χ4n) is 2.00. The Labute approximate surface area is 115 Å². The Morgan fingerprint density at radius 2 is 1.95 bits per heavy atom. The fraction of sp³-hybridized carbons (Fsp3) is 0.857. The highest BCUT2D eigenvalue weighted by molar-refractivity contribution is 5.89. The molecule has 1 atom stereocenters. The molecule has 0 bridgehead atoms. The number of hydrogen-bond acceptors (Lipinski definition) is 3. The third-order valence-electron chi connectivity index (χ3n) is 3.54. The van der Waals surface area contributed by atoms with Gasteiger partial charge in [-0.15, -0.1) is 0 Å². The monoisotopic (exact) mass is 270 g/mol. The summed E-state index contributed by atoms with van der Waals surface area (Å²) in [6.45, 7) is 7.46. The van der Waals surface area contributed by atoms with Crippen LogP contribution in [0.25, 0.3) is 0 Å². The summed E-state index contributed by atoms with van der Waals surface area (Å²) < 4.78 is 0. The standard InChI is InChI=1S/C14H26N2O3/c1-10(15-13(19)14(2,3)4)12(18)16(8-9-17)11-6-5-7-11/h10-11,17H,5-9H2,1-4H3,(H,15,19). The van der Waals surface area contributed by atoms with Crippen LogP contribution in [-0.2, 0) is 9.59 Å². The van der Waals surface area contributed by atoms with Gasteiger partial charge in [-0.1, -0.05) is 20.8 Å². The number of amides is 2. The van der Waals surface area contributed by atoms with Crippen LogP contribution < -0.4 is 5.32 Å². The van der Waals surface area contributed by atoms with Crippen molar-refractivity contribution in [3.05, 3.63) is 0 Å². The highest BCUT2D eigenvalue weighted by Gasteiger charge is 2.32. The largest absolute Gasteiger partial charge is 0.395 e. The van der Waals surface area contributed by atoms with Gasteiger partial charge in [0.2, 0.25) is 11.8 Å². The van der Waals surface area contributed by atoms with Crippen LogP contribution in [0.4, 0.5) is 0 Å². The first kappa shape index (κ1) is 16.0. The van der Waals surface area contributed by atoms with Crippen LogP contribution in [0.5, 0.6) is 0 Å². The fourth-order valence-corrected chi connectivity index (χ4v) is 2.00. The Bertz CT molecular complexity index is 332. The van der Waals surface area contributed by atoms with Crippen LogP contribution in [0.2, 0.25) is 0 Å². The highest BCUT2D eigenvalue weighted by Crippen LogP contribution is 2.25. The molecule has 19 heavy (non-hydrogen) atoms. The van der Waals surface area contributed by atoms with Crippen LogP contribution >= 0.6 is 0 Å². The van der Waals surface area contributed by atoms with E-state index in [4.69, 9.17) is 5.11 Å². The average Bonchev–Trinajstić information content (AvgIpc) is 2.23. The molecule has 5 nitrogen and oxygen atoms in total. The molecule has 0 saturated heterocycles. The van der Waals surface area contributed by atoms with E-state index in [1.165, 1.54) is 0 Å². The normalized spacial score (nSPS) is 17.5. The van der Waals surface area contributed by atoms with Crippen LogP contribution in [0.15, 0.2) is 0 Å². The first-order valence-electron chi connectivity index (χ1n) is 6.99. The van der Waals surface area contributed by atoms with Crippen molar-refractivity contribution < 1.29 is 14.7 Å². The number of aliphatic hydroxyl groups excluding tert-OH is 1. The van der Waals surface area contributed by atoms with Crippen molar-refractivity contribution in [3.8, 4) is 0 Å². The zero-order chi connectivity index (χ0) is 14.6. The predicted octanol–water partition coefficient (Wildman–Crippen LogP) is 0.911. The maximum absolute atomic E-state index is 12.3. The average molecular weight is 270 g/mol. The Kier molecular flexibility index (Phi) is 5.35. The van der Waals surface area contributed by atoms with Gasteiger partial charge in [0.15, 0.2) is 0 Å². The summed E-state index contributed by atoms with van der Waals surface area (Å²) in [6.07, 6.45) is 3.11. The molecule has 2 N–H and O–H groups in total. The molecule has 2 amide bonds. The number of aliphatic hydroxyl groups is 1. The highest BCUT2D eigenvalue weighted by atomic mass is 16.3. The van der Waals surface area contributed by atoms with Crippen molar-refractivity contribution in [1.29, 1.82) is 0 Å². The molecule has 1 rings (SSSR count). The number of carbonyl (C=O) groups excluding carboxylic acids is 2. The number of hydrogen-bond donors (Lipinski definition) is 2. The predicted molar refractivity (Wildman–Crippen MR) is 73.5 cm³/mol. The first-order valence-corrected chi connectivity index (χ1v) is 6.99. The summed E-state index contributed by atoms with van der Waals surface area (Å²) >= 11 is 0. The van der Waals surface area contributed by atoms with Crippen molar-refractivity contribution in [2.24, 2.45) is 5.41 Å². The van der Waals surface area contributed by atoms with Crippen molar-refractivity contribution in [2.75, 3.05) is 13.2 Å². The molecule has 0 aliphatic heterocycles. The third kappa shape index (κ3) is 4.20. The Morgan fingerprint density at radius 1 is 1.37 bits per heavy atom. The van der Waals surface area contributed by atoms with E-state index in [0.717, 1.165) is 19.3 Å². The lowest BCUT2D eigenvalue weighted by Gasteiger charge is -2.39. The minimum atomic E-state index is -0.543. The molecule has 5 heteroatoms. The maximum atomic E-state index is 12.3.